The second kappa shape index (κ2) is 40.6. The van der Waals surface area contributed by atoms with E-state index in [0.717, 1.165) is 53.4 Å². The average Bonchev–Trinajstić information content (AvgIpc) is 1.14. The molecule has 0 spiro atoms. The number of benzene rings is 4. The number of amides is 8. The molecule has 0 bridgehead atoms. The summed E-state index contributed by atoms with van der Waals surface area (Å²) in [5.74, 6) is -0.554. The predicted molar refractivity (Wildman–Crippen MR) is 394 cm³/mol. The van der Waals surface area contributed by atoms with E-state index < -0.39 is 60.6 Å². The Hall–Kier alpha value is -8.66. The lowest BCUT2D eigenvalue weighted by Gasteiger charge is -2.30. The maximum atomic E-state index is 13.9. The zero-order valence-corrected chi connectivity index (χ0v) is 61.8. The number of rotatable bonds is 34. The van der Waals surface area contributed by atoms with Gasteiger partial charge < -0.3 is 61.4 Å². The lowest BCUT2D eigenvalue weighted by atomic mass is 9.93. The Morgan fingerprint density at radius 3 is 1.07 bits per heavy atom. The Morgan fingerprint density at radius 1 is 0.450 bits per heavy atom. The van der Waals surface area contributed by atoms with Gasteiger partial charge in [0.25, 0.3) is 0 Å². The van der Waals surface area contributed by atoms with Gasteiger partial charge in [-0.1, -0.05) is 177 Å². The standard InChI is InChI=1S/2C37H48N6O5S2/c2*1-24(2)33(42-36(46)43(5)20-29-22-49-35(40-29)25(3)4)34(45)39-28(16-26-12-8-6-9-13-26)18-32(44)31(17-27-14-10-7-11-15-27)41-37(47)48-21-30-19-38-23-50-30/h2*6-15,19,22-25,28,31-33,44H,16-18,20-21H2,1-5H3,(H,39,45)(H,41,47)(H,42,46)/t2*28-,31-,32-,33-/m00/s1. The fourth-order valence-electron chi connectivity index (χ4n) is 10.8. The van der Waals surface area contributed by atoms with Gasteiger partial charge in [0.2, 0.25) is 11.8 Å². The van der Waals surface area contributed by atoms with Gasteiger partial charge in [0.1, 0.15) is 25.3 Å². The summed E-state index contributed by atoms with van der Waals surface area (Å²) in [7, 11) is 3.35. The number of aromatic nitrogens is 4. The molecule has 22 nitrogen and oxygen atoms in total. The highest BCUT2D eigenvalue weighted by Gasteiger charge is 2.34. The molecule has 0 aliphatic heterocycles. The lowest BCUT2D eigenvalue weighted by Crippen LogP contribution is -2.55. The molecule has 8 atom stereocenters. The zero-order chi connectivity index (χ0) is 72.1. The first kappa shape index (κ1) is 78.7. The second-order valence-electron chi connectivity index (χ2n) is 26.1. The highest BCUT2D eigenvalue weighted by atomic mass is 32.1. The first-order chi connectivity index (χ1) is 48.0. The van der Waals surface area contributed by atoms with Gasteiger partial charge >= 0.3 is 24.2 Å². The summed E-state index contributed by atoms with van der Waals surface area (Å²) >= 11 is 5.90. The molecule has 4 aromatic carbocycles. The van der Waals surface area contributed by atoms with Gasteiger partial charge in [0.15, 0.2) is 0 Å². The number of urea groups is 2. The lowest BCUT2D eigenvalue weighted by molar-refractivity contribution is -0.125. The SMILES string of the molecule is CC(C)c1nc(CN(C)C(=O)N[C@H](C(=O)N[C@@H](Cc2ccccc2)C[C@H](O)[C@H](Cc2ccccc2)NC(=O)OCc2cncs2)C(C)C)cs1.CC(C)c1nc(CN(C)C(=O)N[C@H](C(=O)N[C@@H](Cc2ccccc2)C[C@H](O)[C@H](Cc2ccccc2)NC(=O)OCc2cncs2)C(C)C)cs1. The van der Waals surface area contributed by atoms with Crippen LogP contribution in [0.5, 0.6) is 0 Å². The second-order valence-corrected chi connectivity index (χ2v) is 29.8. The van der Waals surface area contributed by atoms with E-state index in [1.807, 2.05) is 160 Å². The van der Waals surface area contributed by atoms with E-state index in [9.17, 15) is 39.0 Å². The number of nitrogens with one attached hydrogen (secondary N) is 6. The molecule has 4 heterocycles. The van der Waals surface area contributed by atoms with Crippen LogP contribution in [0.2, 0.25) is 0 Å². The third-order valence-corrected chi connectivity index (χ3v) is 20.2. The summed E-state index contributed by atoms with van der Waals surface area (Å²) < 4.78 is 10.8. The van der Waals surface area contributed by atoms with Gasteiger partial charge in [-0.2, -0.15) is 0 Å². The van der Waals surface area contributed by atoms with Crippen molar-refractivity contribution >= 4 is 81.4 Å². The minimum Gasteiger partial charge on any atom is -0.444 e. The van der Waals surface area contributed by atoms with Crippen molar-refractivity contribution in [2.24, 2.45) is 11.8 Å². The highest BCUT2D eigenvalue weighted by Crippen LogP contribution is 2.23. The summed E-state index contributed by atoms with van der Waals surface area (Å²) in [6, 6.07) is 33.6. The molecule has 536 valence electrons. The van der Waals surface area contributed by atoms with Crippen molar-refractivity contribution in [1.29, 1.82) is 0 Å². The highest BCUT2D eigenvalue weighted by molar-refractivity contribution is 7.10. The monoisotopic (exact) mass is 1440 g/mol. The maximum absolute atomic E-state index is 13.9. The number of ether oxygens (including phenoxy) is 2. The molecule has 0 aliphatic carbocycles. The normalized spacial score (nSPS) is 13.7. The minimum absolute atomic E-state index is 0.0671. The number of carbonyl (C=O) groups excluding carboxylic acids is 6. The van der Waals surface area contributed by atoms with E-state index in [1.165, 1.54) is 32.5 Å². The van der Waals surface area contributed by atoms with Crippen LogP contribution in [-0.4, -0.2) is 139 Å². The van der Waals surface area contributed by atoms with Gasteiger partial charge in [-0.05, 0) is 72.6 Å². The molecule has 8 N–H and O–H groups in total. The maximum Gasteiger partial charge on any atom is 0.407 e. The van der Waals surface area contributed by atoms with Crippen molar-refractivity contribution in [3.63, 3.8) is 0 Å². The molecule has 0 unspecified atom stereocenters. The summed E-state index contributed by atoms with van der Waals surface area (Å²) in [5.41, 5.74) is 8.71. The molecule has 0 aliphatic rings. The molecule has 26 heteroatoms. The number of alkyl carbamates (subject to hydrolysis) is 2. The van der Waals surface area contributed by atoms with Gasteiger partial charge in [0.05, 0.1) is 79.6 Å². The molecule has 8 rings (SSSR count). The number of thiazole rings is 4. The quantitative estimate of drug-likeness (QED) is 0.0186. The number of nitrogens with zero attached hydrogens (tertiary/aromatic N) is 6. The Kier molecular flexibility index (Phi) is 31.9. The molecule has 100 heavy (non-hydrogen) atoms. The Bertz CT molecular complexity index is 3480. The fraction of sp³-hybridized carbons (Fsp3) is 0.432. The van der Waals surface area contributed by atoms with Crippen LogP contribution in [0.15, 0.2) is 156 Å². The number of hydrogen-bond acceptors (Lipinski definition) is 18. The number of carbonyl (C=O) groups is 6. The van der Waals surface area contributed by atoms with Crippen LogP contribution in [0.1, 0.15) is 133 Å². The first-order valence-corrected chi connectivity index (χ1v) is 37.1. The van der Waals surface area contributed by atoms with Crippen LogP contribution in [0.3, 0.4) is 0 Å². The summed E-state index contributed by atoms with van der Waals surface area (Å²) in [5, 5.41) is 47.0. The predicted octanol–water partition coefficient (Wildman–Crippen LogP) is 11.8. The van der Waals surface area contributed by atoms with Crippen LogP contribution < -0.4 is 31.9 Å². The van der Waals surface area contributed by atoms with Crippen LogP contribution >= 0.6 is 45.3 Å². The summed E-state index contributed by atoms with van der Waals surface area (Å²) in [6.45, 7) is 16.6. The molecule has 8 amide bonds. The average molecular weight is 1440 g/mol. The molecule has 0 saturated carbocycles. The molecule has 0 saturated heterocycles. The molecule has 4 aromatic heterocycles. The molecule has 8 aromatic rings. The van der Waals surface area contributed by atoms with Gasteiger partial charge in [-0.3, -0.25) is 19.6 Å². The van der Waals surface area contributed by atoms with Crippen LogP contribution in [0.25, 0.3) is 0 Å². The zero-order valence-electron chi connectivity index (χ0n) is 58.5. The largest absolute Gasteiger partial charge is 0.444 e. The van der Waals surface area contributed by atoms with Crippen LogP contribution in [0, 0.1) is 11.8 Å². The van der Waals surface area contributed by atoms with E-state index in [4.69, 9.17) is 9.47 Å². The Labute approximate surface area is 603 Å². The van der Waals surface area contributed by atoms with Crippen molar-refractivity contribution < 1.29 is 48.5 Å². The minimum atomic E-state index is -1.05. The Balaban J connectivity index is 0.000000281. The molecule has 0 fully saturated rings. The van der Waals surface area contributed by atoms with Crippen LogP contribution in [0.4, 0.5) is 19.2 Å². The Morgan fingerprint density at radius 2 is 0.780 bits per heavy atom. The molecule has 0 radical (unpaired) electrons. The summed E-state index contributed by atoms with van der Waals surface area (Å²) in [4.78, 5) is 102. The third kappa shape index (κ3) is 26.8. The fourth-order valence-corrected chi connectivity index (χ4v) is 13.4. The van der Waals surface area contributed by atoms with Gasteiger partial charge in [-0.15, -0.1) is 45.3 Å². The molecular formula is C74H96N12O10S4. The van der Waals surface area contributed by atoms with E-state index in [2.05, 4.69) is 79.5 Å². The van der Waals surface area contributed by atoms with Crippen molar-refractivity contribution in [2.75, 3.05) is 14.1 Å². The molecular weight excluding hydrogens is 1350 g/mol. The number of aliphatic hydroxyl groups is 2. The van der Waals surface area contributed by atoms with Crippen molar-refractivity contribution in [2.45, 2.75) is 181 Å². The van der Waals surface area contributed by atoms with Gasteiger partial charge in [0, 0.05) is 61.2 Å². The van der Waals surface area contributed by atoms with E-state index in [0.29, 0.717) is 50.6 Å². The number of hydrogen-bond donors (Lipinski definition) is 8. The first-order valence-electron chi connectivity index (χ1n) is 33.6. The van der Waals surface area contributed by atoms with E-state index in [1.54, 1.807) is 60.2 Å². The summed E-state index contributed by atoms with van der Waals surface area (Å²) in [6.07, 6.45) is 1.67. The van der Waals surface area contributed by atoms with Crippen LogP contribution in [-0.2, 0) is 71.0 Å². The van der Waals surface area contributed by atoms with Crippen molar-refractivity contribution in [1.82, 2.24) is 61.6 Å². The van der Waals surface area contributed by atoms with Crippen molar-refractivity contribution in [3.8, 4) is 0 Å². The number of aliphatic hydroxyl groups excluding tert-OH is 2. The van der Waals surface area contributed by atoms with Gasteiger partial charge in [-0.25, -0.2) is 29.1 Å². The third-order valence-electron chi connectivity index (χ3n) is 16.3. The van der Waals surface area contributed by atoms with E-state index >= 15 is 0 Å². The topological polar surface area (TPSA) is 292 Å². The van der Waals surface area contributed by atoms with Crippen molar-refractivity contribution in [3.05, 3.63) is 209 Å². The smallest absolute Gasteiger partial charge is 0.407 e. The van der Waals surface area contributed by atoms with E-state index in [-0.39, 0.29) is 61.8 Å².